The Kier molecular flexibility index (Phi) is 4.08. The van der Waals surface area contributed by atoms with Gasteiger partial charge in [0, 0.05) is 18.5 Å². The van der Waals surface area contributed by atoms with Crippen molar-refractivity contribution >= 4 is 28.2 Å². The maximum absolute atomic E-state index is 6.25. The van der Waals surface area contributed by atoms with Crippen LogP contribution in [0.4, 0.5) is 5.82 Å². The fraction of sp³-hybridized carbons (Fsp3) is 0.438. The molecule has 0 bridgehead atoms. The van der Waals surface area contributed by atoms with Crippen LogP contribution in [0.5, 0.6) is 0 Å². The van der Waals surface area contributed by atoms with E-state index in [1.807, 2.05) is 18.2 Å². The summed E-state index contributed by atoms with van der Waals surface area (Å²) >= 11 is 6.25. The number of likely N-dealkylation sites (tertiary alicyclic amines) is 1. The quantitative estimate of drug-likeness (QED) is 0.875. The standard InChI is InChI=1S/C16H20ClN3/c1-20-8-4-5-12(11-20)10-18-15-9-13-6-2-3-7-14(13)16(17)19-15/h2-3,6-7,9,12H,4-5,8,10-11H2,1H3,(H,18,19). The Bertz CT molecular complexity index is 599. The molecule has 0 aliphatic carbocycles. The minimum Gasteiger partial charge on any atom is -0.370 e. The van der Waals surface area contributed by atoms with E-state index >= 15 is 0 Å². The molecule has 0 radical (unpaired) electrons. The summed E-state index contributed by atoms with van der Waals surface area (Å²) < 4.78 is 0. The number of fused-ring (bicyclic) bond motifs is 1. The van der Waals surface area contributed by atoms with Gasteiger partial charge in [-0.1, -0.05) is 35.9 Å². The molecule has 4 heteroatoms. The Balaban J connectivity index is 1.71. The normalized spacial score (nSPS) is 20.2. The number of pyridine rings is 1. The molecule has 3 nitrogen and oxygen atoms in total. The highest BCUT2D eigenvalue weighted by atomic mass is 35.5. The average Bonchev–Trinajstić information content (AvgIpc) is 2.45. The molecule has 1 unspecified atom stereocenters. The van der Waals surface area contributed by atoms with Crippen LogP contribution in [0.15, 0.2) is 30.3 Å². The summed E-state index contributed by atoms with van der Waals surface area (Å²) in [6, 6.07) is 10.2. The maximum Gasteiger partial charge on any atom is 0.139 e. The molecule has 1 aliphatic heterocycles. The number of hydrogen-bond acceptors (Lipinski definition) is 3. The van der Waals surface area contributed by atoms with Crippen LogP contribution in [0, 0.1) is 5.92 Å². The van der Waals surface area contributed by atoms with E-state index < -0.39 is 0 Å². The van der Waals surface area contributed by atoms with Crippen LogP contribution in [-0.4, -0.2) is 36.6 Å². The maximum atomic E-state index is 6.25. The number of halogens is 1. The van der Waals surface area contributed by atoms with Crippen LogP contribution in [0.25, 0.3) is 10.8 Å². The number of nitrogens with zero attached hydrogens (tertiary/aromatic N) is 2. The lowest BCUT2D eigenvalue weighted by molar-refractivity contribution is 0.217. The van der Waals surface area contributed by atoms with Crippen LogP contribution in [0.1, 0.15) is 12.8 Å². The molecule has 20 heavy (non-hydrogen) atoms. The van der Waals surface area contributed by atoms with Crippen molar-refractivity contribution < 1.29 is 0 Å². The molecule has 1 fully saturated rings. The third-order valence-corrected chi connectivity index (χ3v) is 4.28. The molecule has 106 valence electrons. The molecule has 1 N–H and O–H groups in total. The predicted octanol–water partition coefficient (Wildman–Crippen LogP) is 3.64. The van der Waals surface area contributed by atoms with Crippen LogP contribution in [0.2, 0.25) is 5.15 Å². The van der Waals surface area contributed by atoms with Crippen LogP contribution >= 0.6 is 11.6 Å². The van der Waals surface area contributed by atoms with Gasteiger partial charge in [0.05, 0.1) is 0 Å². The van der Waals surface area contributed by atoms with Gasteiger partial charge in [0.25, 0.3) is 0 Å². The van der Waals surface area contributed by atoms with E-state index in [4.69, 9.17) is 11.6 Å². The van der Waals surface area contributed by atoms with E-state index in [1.54, 1.807) is 0 Å². The number of nitrogens with one attached hydrogen (secondary N) is 1. The zero-order valence-electron chi connectivity index (χ0n) is 11.8. The summed E-state index contributed by atoms with van der Waals surface area (Å²) in [5.41, 5.74) is 0. The monoisotopic (exact) mass is 289 g/mol. The zero-order chi connectivity index (χ0) is 13.9. The van der Waals surface area contributed by atoms with Gasteiger partial charge in [-0.2, -0.15) is 0 Å². The van der Waals surface area contributed by atoms with Crippen molar-refractivity contribution in [3.63, 3.8) is 0 Å². The van der Waals surface area contributed by atoms with E-state index in [1.165, 1.54) is 19.4 Å². The Labute approximate surface area is 124 Å². The van der Waals surface area contributed by atoms with Crippen molar-refractivity contribution in [3.8, 4) is 0 Å². The van der Waals surface area contributed by atoms with Gasteiger partial charge in [0.2, 0.25) is 0 Å². The molecule has 1 atom stereocenters. The average molecular weight is 290 g/mol. The fourth-order valence-corrected chi connectivity index (χ4v) is 3.20. The molecular formula is C16H20ClN3. The first-order valence-electron chi connectivity index (χ1n) is 7.20. The van der Waals surface area contributed by atoms with Crippen LogP contribution < -0.4 is 5.32 Å². The van der Waals surface area contributed by atoms with Crippen LogP contribution in [0.3, 0.4) is 0 Å². The first kappa shape index (κ1) is 13.7. The van der Waals surface area contributed by atoms with Crippen molar-refractivity contribution in [2.24, 2.45) is 5.92 Å². The lowest BCUT2D eigenvalue weighted by Crippen LogP contribution is -2.35. The highest BCUT2D eigenvalue weighted by Crippen LogP contribution is 2.25. The van der Waals surface area contributed by atoms with E-state index in [0.29, 0.717) is 11.1 Å². The summed E-state index contributed by atoms with van der Waals surface area (Å²) in [5.74, 6) is 1.57. The predicted molar refractivity (Wildman–Crippen MR) is 85.5 cm³/mol. The van der Waals surface area contributed by atoms with Crippen molar-refractivity contribution in [2.45, 2.75) is 12.8 Å². The Morgan fingerprint density at radius 3 is 3.10 bits per heavy atom. The van der Waals surface area contributed by atoms with Gasteiger partial charge < -0.3 is 10.2 Å². The first-order chi connectivity index (χ1) is 9.72. The minimum absolute atomic E-state index is 0.575. The third-order valence-electron chi connectivity index (χ3n) is 3.99. The van der Waals surface area contributed by atoms with E-state index in [-0.39, 0.29) is 0 Å². The lowest BCUT2D eigenvalue weighted by Gasteiger charge is -2.29. The molecule has 3 rings (SSSR count). The van der Waals surface area contributed by atoms with E-state index in [2.05, 4.69) is 34.4 Å². The fourth-order valence-electron chi connectivity index (χ4n) is 2.94. The molecule has 2 heterocycles. The topological polar surface area (TPSA) is 28.2 Å². The molecule has 1 aliphatic rings. The molecule has 1 saturated heterocycles. The van der Waals surface area contributed by atoms with E-state index in [0.717, 1.165) is 29.7 Å². The second-order valence-corrected chi connectivity index (χ2v) is 6.03. The van der Waals surface area contributed by atoms with Crippen LogP contribution in [-0.2, 0) is 0 Å². The van der Waals surface area contributed by atoms with Gasteiger partial charge in [-0.25, -0.2) is 4.98 Å². The van der Waals surface area contributed by atoms with Gasteiger partial charge >= 0.3 is 0 Å². The highest BCUT2D eigenvalue weighted by Gasteiger charge is 2.17. The van der Waals surface area contributed by atoms with Gasteiger partial charge in [-0.3, -0.25) is 0 Å². The first-order valence-corrected chi connectivity index (χ1v) is 7.58. The second kappa shape index (κ2) is 5.98. The summed E-state index contributed by atoms with van der Waals surface area (Å²) in [6.07, 6.45) is 2.58. The molecule has 1 aromatic heterocycles. The van der Waals surface area contributed by atoms with Gasteiger partial charge in [0.1, 0.15) is 11.0 Å². The Morgan fingerprint density at radius 1 is 1.40 bits per heavy atom. The number of aromatic nitrogens is 1. The molecule has 0 spiro atoms. The summed E-state index contributed by atoms with van der Waals surface area (Å²) in [4.78, 5) is 6.84. The largest absolute Gasteiger partial charge is 0.370 e. The number of piperidine rings is 1. The SMILES string of the molecule is CN1CCCC(CNc2cc3ccccc3c(Cl)n2)C1. The third kappa shape index (κ3) is 3.05. The van der Waals surface area contributed by atoms with Crippen molar-refractivity contribution in [1.82, 2.24) is 9.88 Å². The summed E-state index contributed by atoms with van der Waals surface area (Å²) in [5, 5.41) is 6.17. The Morgan fingerprint density at radius 2 is 2.25 bits per heavy atom. The minimum atomic E-state index is 0.575. The number of rotatable bonds is 3. The number of benzene rings is 1. The van der Waals surface area contributed by atoms with Gasteiger partial charge in [0.15, 0.2) is 0 Å². The zero-order valence-corrected chi connectivity index (χ0v) is 12.5. The second-order valence-electron chi connectivity index (χ2n) is 5.67. The molecule has 0 amide bonds. The summed E-state index contributed by atoms with van der Waals surface area (Å²) in [7, 11) is 2.19. The highest BCUT2D eigenvalue weighted by molar-refractivity contribution is 6.34. The van der Waals surface area contributed by atoms with Crippen molar-refractivity contribution in [3.05, 3.63) is 35.5 Å². The molecule has 2 aromatic rings. The smallest absolute Gasteiger partial charge is 0.139 e. The number of hydrogen-bond donors (Lipinski definition) is 1. The molecule has 0 saturated carbocycles. The molecule has 1 aromatic carbocycles. The summed E-state index contributed by atoms with van der Waals surface area (Å²) in [6.45, 7) is 3.34. The lowest BCUT2D eigenvalue weighted by atomic mass is 9.98. The van der Waals surface area contributed by atoms with Gasteiger partial charge in [-0.05, 0) is 43.8 Å². The number of anilines is 1. The van der Waals surface area contributed by atoms with Crippen molar-refractivity contribution in [1.29, 1.82) is 0 Å². The molecular weight excluding hydrogens is 270 g/mol. The van der Waals surface area contributed by atoms with Gasteiger partial charge in [-0.15, -0.1) is 0 Å². The van der Waals surface area contributed by atoms with E-state index in [9.17, 15) is 0 Å². The van der Waals surface area contributed by atoms with Crippen molar-refractivity contribution in [2.75, 3.05) is 32.0 Å². The Hall–Kier alpha value is -1.32.